The van der Waals surface area contributed by atoms with E-state index in [0.29, 0.717) is 34.4 Å². The van der Waals surface area contributed by atoms with Gasteiger partial charge in [0.05, 0.1) is 17.5 Å². The standard InChI is InChI=1S/C28H24Cl2N2O5/c1-2-3-12-34-23-7-5-4-6-19(23)27-20-10-9-18(14-25(20)37-28(32)21(27)15-31)36-26(33)16-35-24-11-8-17(29)13-22(24)30/h4-11,13-14,27H,2-3,12,16,32H2,1H3. The van der Waals surface area contributed by atoms with Crippen molar-refractivity contribution in [2.75, 3.05) is 13.2 Å². The molecule has 0 spiro atoms. The number of carbonyl (C=O) groups excluding carboxylic acids is 1. The fraction of sp³-hybridized carbons (Fsp3) is 0.214. The molecule has 2 N–H and O–H groups in total. The number of hydrogen-bond donors (Lipinski definition) is 1. The number of benzene rings is 3. The first-order chi connectivity index (χ1) is 17.9. The summed E-state index contributed by atoms with van der Waals surface area (Å²) in [5, 5.41) is 10.6. The summed E-state index contributed by atoms with van der Waals surface area (Å²) in [6.45, 7) is 2.28. The molecule has 0 saturated carbocycles. The summed E-state index contributed by atoms with van der Waals surface area (Å²) in [5.41, 5.74) is 7.90. The second-order valence-corrected chi connectivity index (χ2v) is 9.05. The van der Waals surface area contributed by atoms with Crippen LogP contribution in [0.2, 0.25) is 10.0 Å². The smallest absolute Gasteiger partial charge is 0.349 e. The van der Waals surface area contributed by atoms with Gasteiger partial charge in [0.1, 0.15) is 34.6 Å². The number of esters is 1. The lowest BCUT2D eigenvalue weighted by Gasteiger charge is -2.28. The van der Waals surface area contributed by atoms with Crippen molar-refractivity contribution in [2.45, 2.75) is 25.7 Å². The van der Waals surface area contributed by atoms with Crippen LogP contribution in [-0.4, -0.2) is 19.2 Å². The van der Waals surface area contributed by atoms with Crippen LogP contribution in [0, 0.1) is 11.3 Å². The second kappa shape index (κ2) is 11.9. The van der Waals surface area contributed by atoms with Gasteiger partial charge in [-0.1, -0.05) is 60.8 Å². The third-order valence-electron chi connectivity index (χ3n) is 5.65. The Morgan fingerprint density at radius 3 is 2.62 bits per heavy atom. The number of rotatable bonds is 9. The average Bonchev–Trinajstić information content (AvgIpc) is 2.88. The van der Waals surface area contributed by atoms with E-state index in [1.165, 1.54) is 6.07 Å². The van der Waals surface area contributed by atoms with Crippen molar-refractivity contribution in [1.29, 1.82) is 5.26 Å². The first-order valence-corrected chi connectivity index (χ1v) is 12.4. The van der Waals surface area contributed by atoms with Gasteiger partial charge < -0.3 is 24.7 Å². The van der Waals surface area contributed by atoms with Crippen molar-refractivity contribution in [3.8, 4) is 29.1 Å². The number of halogens is 2. The van der Waals surface area contributed by atoms with Crippen LogP contribution in [0.15, 0.2) is 72.1 Å². The van der Waals surface area contributed by atoms with Gasteiger partial charge >= 0.3 is 5.97 Å². The number of nitriles is 1. The number of nitrogens with zero attached hydrogens (tertiary/aromatic N) is 1. The zero-order chi connectivity index (χ0) is 26.4. The normalized spacial score (nSPS) is 14.3. The molecule has 0 bridgehead atoms. The summed E-state index contributed by atoms with van der Waals surface area (Å²) in [7, 11) is 0. The third-order valence-corrected chi connectivity index (χ3v) is 6.18. The molecule has 3 aromatic carbocycles. The van der Waals surface area contributed by atoms with Crippen molar-refractivity contribution in [2.24, 2.45) is 5.73 Å². The molecule has 1 heterocycles. The van der Waals surface area contributed by atoms with Crippen LogP contribution in [0.1, 0.15) is 36.8 Å². The molecule has 0 aromatic heterocycles. The quantitative estimate of drug-likeness (QED) is 0.191. The molecule has 1 aliphatic heterocycles. The SMILES string of the molecule is CCCCOc1ccccc1C1C(C#N)=C(N)Oc2cc(OC(=O)COc3ccc(Cl)cc3Cl)ccc21. The number of fused-ring (bicyclic) bond motifs is 1. The third kappa shape index (κ3) is 6.11. The van der Waals surface area contributed by atoms with Gasteiger partial charge in [0, 0.05) is 22.2 Å². The highest BCUT2D eigenvalue weighted by molar-refractivity contribution is 6.35. The van der Waals surface area contributed by atoms with Gasteiger partial charge in [-0.25, -0.2) is 4.79 Å². The topological polar surface area (TPSA) is 104 Å². The molecule has 3 aromatic rings. The summed E-state index contributed by atoms with van der Waals surface area (Å²) < 4.78 is 22.6. The number of allylic oxidation sites excluding steroid dienone is 1. The van der Waals surface area contributed by atoms with Gasteiger partial charge in [0.25, 0.3) is 0 Å². The summed E-state index contributed by atoms with van der Waals surface area (Å²) in [5.74, 6) is 0.406. The van der Waals surface area contributed by atoms with E-state index < -0.39 is 11.9 Å². The maximum Gasteiger partial charge on any atom is 0.349 e. The summed E-state index contributed by atoms with van der Waals surface area (Å²) in [4.78, 5) is 12.4. The van der Waals surface area contributed by atoms with Gasteiger partial charge in [-0.3, -0.25) is 0 Å². The van der Waals surface area contributed by atoms with Gasteiger partial charge in [-0.15, -0.1) is 0 Å². The minimum Gasteiger partial charge on any atom is -0.493 e. The molecule has 0 amide bonds. The highest BCUT2D eigenvalue weighted by atomic mass is 35.5. The molecule has 0 radical (unpaired) electrons. The predicted molar refractivity (Wildman–Crippen MR) is 140 cm³/mol. The van der Waals surface area contributed by atoms with Crippen LogP contribution < -0.4 is 24.7 Å². The Labute approximate surface area is 224 Å². The molecule has 190 valence electrons. The van der Waals surface area contributed by atoms with Crippen LogP contribution in [0.4, 0.5) is 0 Å². The summed E-state index contributed by atoms with van der Waals surface area (Å²) in [6, 6.07) is 19.3. The minimum atomic E-state index is -0.644. The number of unbranched alkanes of at least 4 members (excludes halogenated alkanes) is 1. The maximum absolute atomic E-state index is 12.4. The van der Waals surface area contributed by atoms with Crippen LogP contribution >= 0.6 is 23.2 Å². The molecule has 1 unspecified atom stereocenters. The van der Waals surface area contributed by atoms with Crippen LogP contribution in [0.25, 0.3) is 0 Å². The lowest BCUT2D eigenvalue weighted by Crippen LogP contribution is -2.22. The minimum absolute atomic E-state index is 0.0208. The first kappa shape index (κ1) is 26.2. The van der Waals surface area contributed by atoms with E-state index >= 15 is 0 Å². The Morgan fingerprint density at radius 2 is 1.86 bits per heavy atom. The van der Waals surface area contributed by atoms with E-state index in [4.69, 9.17) is 47.9 Å². The largest absolute Gasteiger partial charge is 0.493 e. The summed E-state index contributed by atoms with van der Waals surface area (Å²) >= 11 is 12.0. The highest BCUT2D eigenvalue weighted by Gasteiger charge is 2.33. The number of ether oxygens (including phenoxy) is 4. The lowest BCUT2D eigenvalue weighted by atomic mass is 9.83. The maximum atomic E-state index is 12.4. The van der Waals surface area contributed by atoms with E-state index in [1.807, 2.05) is 24.3 Å². The van der Waals surface area contributed by atoms with Crippen LogP contribution in [0.3, 0.4) is 0 Å². The molecule has 1 atom stereocenters. The Morgan fingerprint density at radius 1 is 1.05 bits per heavy atom. The Hall–Kier alpha value is -3.86. The highest BCUT2D eigenvalue weighted by Crippen LogP contribution is 2.46. The van der Waals surface area contributed by atoms with Gasteiger partial charge in [-0.2, -0.15) is 5.26 Å². The van der Waals surface area contributed by atoms with Crippen molar-refractivity contribution in [1.82, 2.24) is 0 Å². The van der Waals surface area contributed by atoms with Gasteiger partial charge in [0.2, 0.25) is 5.88 Å². The van der Waals surface area contributed by atoms with Crippen LogP contribution in [0.5, 0.6) is 23.0 Å². The fourth-order valence-corrected chi connectivity index (χ4v) is 4.35. The zero-order valence-corrected chi connectivity index (χ0v) is 21.5. The molecule has 1 aliphatic rings. The molecule has 0 fully saturated rings. The molecule has 7 nitrogen and oxygen atoms in total. The number of hydrogen-bond acceptors (Lipinski definition) is 7. The average molecular weight is 539 g/mol. The van der Waals surface area contributed by atoms with E-state index in [2.05, 4.69) is 13.0 Å². The van der Waals surface area contributed by atoms with Gasteiger partial charge in [-0.05, 0) is 36.8 Å². The lowest BCUT2D eigenvalue weighted by molar-refractivity contribution is -0.136. The van der Waals surface area contributed by atoms with Crippen molar-refractivity contribution < 1.29 is 23.7 Å². The van der Waals surface area contributed by atoms with Crippen molar-refractivity contribution in [3.63, 3.8) is 0 Å². The zero-order valence-electron chi connectivity index (χ0n) is 20.0. The van der Waals surface area contributed by atoms with E-state index in [-0.39, 0.29) is 28.8 Å². The van der Waals surface area contributed by atoms with Crippen molar-refractivity contribution >= 4 is 29.2 Å². The van der Waals surface area contributed by atoms with E-state index in [0.717, 1.165) is 18.4 Å². The molecule has 0 saturated heterocycles. The fourth-order valence-electron chi connectivity index (χ4n) is 3.89. The number of para-hydroxylation sites is 1. The molecule has 4 rings (SSSR count). The molecule has 0 aliphatic carbocycles. The molecular formula is C28H24Cl2N2O5. The Kier molecular flexibility index (Phi) is 8.44. The Bertz CT molecular complexity index is 1380. The number of nitrogens with two attached hydrogens (primary N) is 1. The van der Waals surface area contributed by atoms with E-state index in [9.17, 15) is 10.1 Å². The van der Waals surface area contributed by atoms with E-state index in [1.54, 1.807) is 30.3 Å². The second-order valence-electron chi connectivity index (χ2n) is 8.20. The van der Waals surface area contributed by atoms with Crippen LogP contribution in [-0.2, 0) is 4.79 Å². The molecular weight excluding hydrogens is 515 g/mol. The number of carbonyl (C=O) groups is 1. The Balaban J connectivity index is 1.56. The van der Waals surface area contributed by atoms with Crippen molar-refractivity contribution in [3.05, 3.63) is 93.3 Å². The molecule has 9 heteroatoms. The predicted octanol–water partition coefficient (Wildman–Crippen LogP) is 6.37. The first-order valence-electron chi connectivity index (χ1n) is 11.6. The van der Waals surface area contributed by atoms with Gasteiger partial charge in [0.15, 0.2) is 6.61 Å². The monoisotopic (exact) mass is 538 g/mol. The summed E-state index contributed by atoms with van der Waals surface area (Å²) in [6.07, 6.45) is 1.91. The molecule has 37 heavy (non-hydrogen) atoms.